The van der Waals surface area contributed by atoms with Crippen LogP contribution in [-0.2, 0) is 6.42 Å². The summed E-state index contributed by atoms with van der Waals surface area (Å²) < 4.78 is 10.6. The molecule has 0 bridgehead atoms. The first-order chi connectivity index (χ1) is 7.71. The van der Waals surface area contributed by atoms with Crippen LogP contribution in [0.1, 0.15) is 12.5 Å². The quantitative estimate of drug-likeness (QED) is 0.742. The third-order valence-electron chi connectivity index (χ3n) is 2.16. The zero-order chi connectivity index (χ0) is 12.0. The van der Waals surface area contributed by atoms with Crippen molar-refractivity contribution in [2.75, 3.05) is 13.7 Å². The molecule has 1 unspecified atom stereocenters. The minimum Gasteiger partial charge on any atom is -0.493 e. The van der Waals surface area contributed by atoms with E-state index in [1.807, 2.05) is 24.3 Å². The van der Waals surface area contributed by atoms with E-state index >= 15 is 0 Å². The van der Waals surface area contributed by atoms with Crippen LogP contribution in [0, 0.1) is 11.3 Å². The molecule has 0 N–H and O–H groups in total. The third kappa shape index (κ3) is 3.32. The average molecular weight is 240 g/mol. The number of hydrogen-bond donors (Lipinski definition) is 0. The standard InChI is InChI=1S/C12H14ClNO2/c1-3-9-4-5-11(12(6-9)15-2)16-8-10(13)7-14/h4-6,10H,3,8H2,1-2H3. The van der Waals surface area contributed by atoms with Crippen molar-refractivity contribution in [1.82, 2.24) is 0 Å². The van der Waals surface area contributed by atoms with Crippen LogP contribution in [0.15, 0.2) is 18.2 Å². The number of nitrogens with zero attached hydrogens (tertiary/aromatic N) is 1. The lowest BCUT2D eigenvalue weighted by Crippen LogP contribution is -2.09. The van der Waals surface area contributed by atoms with Gasteiger partial charge in [0, 0.05) is 0 Å². The molecule has 0 radical (unpaired) electrons. The maximum atomic E-state index is 8.53. The van der Waals surface area contributed by atoms with Gasteiger partial charge in [0.05, 0.1) is 13.2 Å². The summed E-state index contributed by atoms with van der Waals surface area (Å²) in [6.07, 6.45) is 0.937. The fourth-order valence-electron chi connectivity index (χ4n) is 1.25. The van der Waals surface area contributed by atoms with Crippen LogP contribution in [0.3, 0.4) is 0 Å². The number of hydrogen-bond acceptors (Lipinski definition) is 3. The van der Waals surface area contributed by atoms with E-state index in [-0.39, 0.29) is 6.61 Å². The summed E-state index contributed by atoms with van der Waals surface area (Å²) in [6, 6.07) is 7.61. The first-order valence-electron chi connectivity index (χ1n) is 5.04. The van der Waals surface area contributed by atoms with Crippen molar-refractivity contribution >= 4 is 11.6 Å². The van der Waals surface area contributed by atoms with Crippen molar-refractivity contribution in [3.63, 3.8) is 0 Å². The molecule has 86 valence electrons. The van der Waals surface area contributed by atoms with E-state index in [4.69, 9.17) is 26.3 Å². The van der Waals surface area contributed by atoms with Gasteiger partial charge in [0.15, 0.2) is 16.9 Å². The minimum absolute atomic E-state index is 0.153. The van der Waals surface area contributed by atoms with Crippen LogP contribution >= 0.6 is 11.6 Å². The lowest BCUT2D eigenvalue weighted by molar-refractivity contribution is 0.302. The van der Waals surface area contributed by atoms with Crippen LogP contribution in [0.5, 0.6) is 11.5 Å². The molecule has 0 aromatic heterocycles. The molecular weight excluding hydrogens is 226 g/mol. The number of ether oxygens (including phenoxy) is 2. The Morgan fingerprint density at radius 1 is 1.44 bits per heavy atom. The minimum atomic E-state index is -0.643. The van der Waals surface area contributed by atoms with Crippen LogP contribution in [-0.4, -0.2) is 19.1 Å². The van der Waals surface area contributed by atoms with Crippen LogP contribution in [0.25, 0.3) is 0 Å². The average Bonchev–Trinajstić information content (AvgIpc) is 2.35. The van der Waals surface area contributed by atoms with Gasteiger partial charge in [-0.2, -0.15) is 5.26 Å². The third-order valence-corrected chi connectivity index (χ3v) is 2.39. The number of nitriles is 1. The largest absolute Gasteiger partial charge is 0.493 e. The molecular formula is C12H14ClNO2. The number of benzene rings is 1. The monoisotopic (exact) mass is 239 g/mol. The number of halogens is 1. The molecule has 0 aliphatic carbocycles. The van der Waals surface area contributed by atoms with Gasteiger partial charge in [-0.1, -0.05) is 13.0 Å². The summed E-state index contributed by atoms with van der Waals surface area (Å²) >= 11 is 5.64. The normalized spacial score (nSPS) is 11.6. The Morgan fingerprint density at radius 2 is 2.19 bits per heavy atom. The number of alkyl halides is 1. The van der Waals surface area contributed by atoms with Crippen molar-refractivity contribution in [3.8, 4) is 17.6 Å². The fraction of sp³-hybridized carbons (Fsp3) is 0.417. The van der Waals surface area contributed by atoms with Crippen LogP contribution in [0.2, 0.25) is 0 Å². The van der Waals surface area contributed by atoms with Gasteiger partial charge in [-0.05, 0) is 24.1 Å². The Bertz CT molecular complexity index is 387. The molecule has 0 saturated carbocycles. The van der Waals surface area contributed by atoms with E-state index < -0.39 is 5.38 Å². The second kappa shape index (κ2) is 6.24. The van der Waals surface area contributed by atoms with Crippen LogP contribution in [0.4, 0.5) is 0 Å². The van der Waals surface area contributed by atoms with Gasteiger partial charge < -0.3 is 9.47 Å². The van der Waals surface area contributed by atoms with Gasteiger partial charge in [0.2, 0.25) is 0 Å². The first kappa shape index (κ1) is 12.7. The molecule has 0 saturated heterocycles. The van der Waals surface area contributed by atoms with E-state index in [9.17, 15) is 0 Å². The topological polar surface area (TPSA) is 42.2 Å². The van der Waals surface area contributed by atoms with E-state index in [0.29, 0.717) is 11.5 Å². The molecule has 0 fully saturated rings. The highest BCUT2D eigenvalue weighted by Crippen LogP contribution is 2.28. The predicted octanol–water partition coefficient (Wildman–Crippen LogP) is 2.77. The zero-order valence-electron chi connectivity index (χ0n) is 9.37. The molecule has 0 aliphatic rings. The van der Waals surface area contributed by atoms with E-state index in [1.54, 1.807) is 7.11 Å². The molecule has 1 rings (SSSR count). The van der Waals surface area contributed by atoms with Gasteiger partial charge in [-0.3, -0.25) is 0 Å². The summed E-state index contributed by atoms with van der Waals surface area (Å²) in [5.74, 6) is 1.28. The highest BCUT2D eigenvalue weighted by Gasteiger charge is 2.08. The molecule has 0 amide bonds. The Hall–Kier alpha value is -1.40. The molecule has 0 heterocycles. The van der Waals surface area contributed by atoms with E-state index in [0.717, 1.165) is 6.42 Å². The first-order valence-corrected chi connectivity index (χ1v) is 5.48. The van der Waals surface area contributed by atoms with Crippen molar-refractivity contribution < 1.29 is 9.47 Å². The molecule has 0 aliphatic heterocycles. The zero-order valence-corrected chi connectivity index (χ0v) is 10.1. The summed E-state index contributed by atoms with van der Waals surface area (Å²) in [7, 11) is 1.59. The SMILES string of the molecule is CCc1ccc(OCC(Cl)C#N)c(OC)c1. The molecule has 0 spiro atoms. The predicted molar refractivity (Wildman–Crippen MR) is 63.1 cm³/mol. The van der Waals surface area contributed by atoms with Gasteiger partial charge in [-0.15, -0.1) is 11.6 Å². The lowest BCUT2D eigenvalue weighted by Gasteiger charge is -2.11. The Kier molecular flexibility index (Phi) is 4.94. The van der Waals surface area contributed by atoms with Crippen LogP contribution < -0.4 is 9.47 Å². The second-order valence-corrected chi connectivity index (χ2v) is 3.77. The van der Waals surface area contributed by atoms with E-state index in [2.05, 4.69) is 6.92 Å². The van der Waals surface area contributed by atoms with Crippen molar-refractivity contribution in [3.05, 3.63) is 23.8 Å². The highest BCUT2D eigenvalue weighted by atomic mass is 35.5. The summed E-state index contributed by atoms with van der Waals surface area (Å²) in [5, 5.41) is 7.89. The number of aryl methyl sites for hydroxylation is 1. The number of methoxy groups -OCH3 is 1. The molecule has 16 heavy (non-hydrogen) atoms. The fourth-order valence-corrected chi connectivity index (χ4v) is 1.31. The lowest BCUT2D eigenvalue weighted by atomic mass is 10.1. The molecule has 1 aromatic carbocycles. The molecule has 1 atom stereocenters. The maximum absolute atomic E-state index is 8.53. The Morgan fingerprint density at radius 3 is 2.75 bits per heavy atom. The molecule has 1 aromatic rings. The van der Waals surface area contributed by atoms with Gasteiger partial charge in [-0.25, -0.2) is 0 Å². The van der Waals surface area contributed by atoms with Gasteiger partial charge >= 0.3 is 0 Å². The molecule has 4 heteroatoms. The van der Waals surface area contributed by atoms with Crippen molar-refractivity contribution in [2.24, 2.45) is 0 Å². The Labute approximate surface area is 101 Å². The summed E-state index contributed by atoms with van der Waals surface area (Å²) in [4.78, 5) is 0. The molecule has 3 nitrogen and oxygen atoms in total. The van der Waals surface area contributed by atoms with Gasteiger partial charge in [0.25, 0.3) is 0 Å². The smallest absolute Gasteiger partial charge is 0.161 e. The van der Waals surface area contributed by atoms with E-state index in [1.165, 1.54) is 5.56 Å². The van der Waals surface area contributed by atoms with Crippen molar-refractivity contribution in [2.45, 2.75) is 18.7 Å². The highest BCUT2D eigenvalue weighted by molar-refractivity contribution is 6.22. The second-order valence-electron chi connectivity index (χ2n) is 3.25. The summed E-state index contributed by atoms with van der Waals surface area (Å²) in [6.45, 7) is 2.22. The number of rotatable bonds is 5. The van der Waals surface area contributed by atoms with Gasteiger partial charge in [0.1, 0.15) is 6.61 Å². The van der Waals surface area contributed by atoms with Crippen molar-refractivity contribution in [1.29, 1.82) is 5.26 Å². The summed E-state index contributed by atoms with van der Waals surface area (Å²) in [5.41, 5.74) is 1.17. The Balaban J connectivity index is 2.76. The maximum Gasteiger partial charge on any atom is 0.161 e.